The minimum atomic E-state index is -4.22. The molecule has 0 radical (unpaired) electrons. The highest BCUT2D eigenvalue weighted by atomic mass is 19.4. The van der Waals surface area contributed by atoms with Crippen molar-refractivity contribution >= 4 is 5.91 Å². The van der Waals surface area contributed by atoms with Gasteiger partial charge in [0.25, 0.3) is 5.91 Å². The van der Waals surface area contributed by atoms with Crippen LogP contribution in [0.5, 0.6) is 0 Å². The van der Waals surface area contributed by atoms with Gasteiger partial charge < -0.3 is 9.84 Å². The third kappa shape index (κ3) is 3.60. The van der Waals surface area contributed by atoms with Crippen molar-refractivity contribution in [1.82, 2.24) is 15.4 Å². The Hall–Kier alpha value is -1.57. The summed E-state index contributed by atoms with van der Waals surface area (Å²) in [7, 11) is 0. The van der Waals surface area contributed by atoms with Crippen LogP contribution >= 0.6 is 0 Å². The number of amides is 1. The van der Waals surface area contributed by atoms with Crippen LogP contribution in [0.3, 0.4) is 0 Å². The van der Waals surface area contributed by atoms with Gasteiger partial charge in [-0.1, -0.05) is 12.1 Å². The molecule has 1 aromatic heterocycles. The minimum Gasteiger partial charge on any atom is -0.360 e. The lowest BCUT2D eigenvalue weighted by atomic mass is 10.1. The molecule has 1 amide bonds. The quantitative estimate of drug-likeness (QED) is 0.924. The smallest absolute Gasteiger partial charge is 0.360 e. The Kier molecular flexibility index (Phi) is 3.88. The fraction of sp³-hybridized carbons (Fsp3) is 0.714. The van der Waals surface area contributed by atoms with E-state index in [4.69, 9.17) is 4.52 Å². The van der Waals surface area contributed by atoms with Gasteiger partial charge in [0.05, 0.1) is 6.54 Å². The lowest BCUT2D eigenvalue weighted by Gasteiger charge is -2.18. The molecule has 8 heteroatoms. The molecule has 122 valence electrons. The number of carbonyl (C=O) groups excluding carboxylic acids is 1. The van der Waals surface area contributed by atoms with Gasteiger partial charge in [-0.05, 0) is 18.8 Å². The van der Waals surface area contributed by atoms with Crippen LogP contribution in [-0.4, -0.2) is 47.8 Å². The second-order valence-corrected chi connectivity index (χ2v) is 6.26. The van der Waals surface area contributed by atoms with Crippen molar-refractivity contribution in [2.45, 2.75) is 37.9 Å². The normalized spacial score (nSPS) is 26.4. The number of nitrogens with zero attached hydrogens (tertiary/aromatic N) is 2. The van der Waals surface area contributed by atoms with E-state index in [9.17, 15) is 18.0 Å². The van der Waals surface area contributed by atoms with Gasteiger partial charge in [-0.25, -0.2) is 0 Å². The molecule has 0 aromatic carbocycles. The van der Waals surface area contributed by atoms with Crippen molar-refractivity contribution in [3.8, 4) is 0 Å². The number of carbonyl (C=O) groups is 1. The number of hydrogen-bond donors (Lipinski definition) is 1. The van der Waals surface area contributed by atoms with Crippen LogP contribution in [0.1, 0.15) is 41.9 Å². The van der Waals surface area contributed by atoms with Crippen molar-refractivity contribution in [3.63, 3.8) is 0 Å². The van der Waals surface area contributed by atoms with E-state index in [0.29, 0.717) is 18.2 Å². The maximum atomic E-state index is 12.4. The largest absolute Gasteiger partial charge is 0.401 e. The summed E-state index contributed by atoms with van der Waals surface area (Å²) in [5, 5.41) is 6.51. The molecule has 1 aromatic rings. The van der Waals surface area contributed by atoms with Crippen molar-refractivity contribution in [2.75, 3.05) is 19.6 Å². The van der Waals surface area contributed by atoms with Crippen LogP contribution in [0.15, 0.2) is 10.6 Å². The monoisotopic (exact) mass is 317 g/mol. The second-order valence-electron chi connectivity index (χ2n) is 6.26. The Morgan fingerprint density at radius 2 is 2.18 bits per heavy atom. The van der Waals surface area contributed by atoms with Crippen LogP contribution in [-0.2, 0) is 0 Å². The Morgan fingerprint density at radius 1 is 1.45 bits per heavy atom. The lowest BCUT2D eigenvalue weighted by molar-refractivity contribution is -0.143. The molecule has 1 aliphatic carbocycles. The molecule has 1 aliphatic heterocycles. The first-order valence-corrected chi connectivity index (χ1v) is 7.38. The SMILES string of the molecule is C[C@@H]1CN(CC(F)(F)F)C[C@@H]1NC(=O)c1cc(C2CC2)on1. The summed E-state index contributed by atoms with van der Waals surface area (Å²) in [5.41, 5.74) is 0.198. The number of rotatable bonds is 4. The van der Waals surface area contributed by atoms with E-state index in [1.54, 1.807) is 6.07 Å². The molecule has 2 fully saturated rings. The predicted octanol–water partition coefficient (Wildman–Crippen LogP) is 2.16. The first-order chi connectivity index (χ1) is 10.3. The second kappa shape index (κ2) is 5.57. The van der Waals surface area contributed by atoms with E-state index >= 15 is 0 Å². The molecule has 0 bridgehead atoms. The molecule has 22 heavy (non-hydrogen) atoms. The van der Waals surface area contributed by atoms with E-state index in [1.165, 1.54) is 4.90 Å². The van der Waals surface area contributed by atoms with Gasteiger partial charge in [0, 0.05) is 31.1 Å². The van der Waals surface area contributed by atoms with Gasteiger partial charge in [0.1, 0.15) is 5.76 Å². The number of aromatic nitrogens is 1. The Labute approximate surface area is 125 Å². The molecular weight excluding hydrogens is 299 g/mol. The van der Waals surface area contributed by atoms with Crippen LogP contribution in [0.4, 0.5) is 13.2 Å². The Morgan fingerprint density at radius 3 is 2.82 bits per heavy atom. The van der Waals surface area contributed by atoms with Gasteiger partial charge in [-0.3, -0.25) is 9.69 Å². The van der Waals surface area contributed by atoms with Crippen molar-refractivity contribution in [3.05, 3.63) is 17.5 Å². The zero-order chi connectivity index (χ0) is 15.9. The Balaban J connectivity index is 1.56. The van der Waals surface area contributed by atoms with Gasteiger partial charge >= 0.3 is 6.18 Å². The van der Waals surface area contributed by atoms with Crippen LogP contribution in [0.25, 0.3) is 0 Å². The number of nitrogens with one attached hydrogen (secondary N) is 1. The van der Waals surface area contributed by atoms with E-state index in [1.807, 2.05) is 6.92 Å². The topological polar surface area (TPSA) is 58.4 Å². The van der Waals surface area contributed by atoms with Gasteiger partial charge in [0.2, 0.25) is 0 Å². The molecule has 5 nitrogen and oxygen atoms in total. The maximum Gasteiger partial charge on any atom is 0.401 e. The third-order valence-electron chi connectivity index (χ3n) is 4.15. The van der Waals surface area contributed by atoms with Crippen LogP contribution in [0, 0.1) is 5.92 Å². The first-order valence-electron chi connectivity index (χ1n) is 7.38. The van der Waals surface area contributed by atoms with Gasteiger partial charge in [-0.2, -0.15) is 13.2 Å². The molecule has 1 saturated carbocycles. The standard InChI is InChI=1S/C14H18F3N3O2/c1-8-5-20(7-14(15,16)17)6-11(8)18-13(21)10-4-12(22-19-10)9-2-3-9/h4,8-9,11H,2-3,5-7H2,1H3,(H,18,21)/t8-,11+/m1/s1. The highest BCUT2D eigenvalue weighted by Crippen LogP contribution is 2.40. The number of alkyl halides is 3. The maximum absolute atomic E-state index is 12.4. The lowest BCUT2D eigenvalue weighted by Crippen LogP contribution is -2.41. The molecular formula is C14H18F3N3O2. The van der Waals surface area contributed by atoms with Crippen molar-refractivity contribution in [1.29, 1.82) is 0 Å². The van der Waals surface area contributed by atoms with Crippen LogP contribution < -0.4 is 5.32 Å². The molecule has 2 aliphatic rings. The summed E-state index contributed by atoms with van der Waals surface area (Å²) in [6, 6.07) is 1.32. The zero-order valence-electron chi connectivity index (χ0n) is 12.2. The van der Waals surface area contributed by atoms with E-state index in [0.717, 1.165) is 12.8 Å². The molecule has 3 rings (SSSR count). The molecule has 1 saturated heterocycles. The molecule has 2 atom stereocenters. The minimum absolute atomic E-state index is 0.0406. The third-order valence-corrected chi connectivity index (χ3v) is 4.15. The highest BCUT2D eigenvalue weighted by molar-refractivity contribution is 5.92. The molecule has 0 unspecified atom stereocenters. The highest BCUT2D eigenvalue weighted by Gasteiger charge is 2.38. The summed E-state index contributed by atoms with van der Waals surface area (Å²) in [4.78, 5) is 13.4. The van der Waals surface area contributed by atoms with Gasteiger partial charge in [0.15, 0.2) is 5.69 Å². The average Bonchev–Trinajstić information content (AvgIpc) is 3.03. The number of likely N-dealkylation sites (tertiary alicyclic amines) is 1. The zero-order valence-corrected chi connectivity index (χ0v) is 12.2. The van der Waals surface area contributed by atoms with E-state index in [2.05, 4.69) is 10.5 Å². The fourth-order valence-electron chi connectivity index (χ4n) is 2.84. The molecule has 0 spiro atoms. The van der Waals surface area contributed by atoms with Crippen molar-refractivity contribution in [2.24, 2.45) is 5.92 Å². The fourth-order valence-corrected chi connectivity index (χ4v) is 2.84. The van der Waals surface area contributed by atoms with Crippen molar-refractivity contribution < 1.29 is 22.5 Å². The summed E-state index contributed by atoms with van der Waals surface area (Å²) < 4.78 is 42.4. The van der Waals surface area contributed by atoms with Crippen LogP contribution in [0.2, 0.25) is 0 Å². The predicted molar refractivity (Wildman–Crippen MR) is 71.4 cm³/mol. The number of hydrogen-bond acceptors (Lipinski definition) is 4. The Bertz CT molecular complexity index is 554. The molecule has 2 heterocycles. The first kappa shape index (κ1) is 15.3. The van der Waals surface area contributed by atoms with E-state index < -0.39 is 12.7 Å². The van der Waals surface area contributed by atoms with Gasteiger partial charge in [-0.15, -0.1) is 0 Å². The average molecular weight is 317 g/mol. The summed E-state index contributed by atoms with van der Waals surface area (Å²) in [6.45, 7) is 1.40. The van der Waals surface area contributed by atoms with E-state index in [-0.39, 0.29) is 30.1 Å². The number of halogens is 3. The molecule has 1 N–H and O–H groups in total. The summed E-state index contributed by atoms with van der Waals surface area (Å²) >= 11 is 0. The summed E-state index contributed by atoms with van der Waals surface area (Å²) in [6.07, 6.45) is -2.13. The summed E-state index contributed by atoms with van der Waals surface area (Å²) in [5.74, 6) is 0.646.